The first-order valence-electron chi connectivity index (χ1n) is 14.1. The Morgan fingerprint density at radius 1 is 0.697 bits per heavy atom. The summed E-state index contributed by atoms with van der Waals surface area (Å²) in [6.07, 6.45) is 29.7. The van der Waals surface area contributed by atoms with E-state index in [-0.39, 0.29) is 12.5 Å². The molecule has 0 aliphatic rings. The Kier molecular flexibility index (Phi) is 24.6. The molecule has 0 saturated heterocycles. The van der Waals surface area contributed by atoms with Crippen LogP contribution in [0.3, 0.4) is 0 Å². The number of allylic oxidation sites excluding steroid dienone is 3. The van der Waals surface area contributed by atoms with Gasteiger partial charge in [0, 0.05) is 6.42 Å². The van der Waals surface area contributed by atoms with Gasteiger partial charge in [0.15, 0.2) is 0 Å². The van der Waals surface area contributed by atoms with Gasteiger partial charge in [0.1, 0.15) is 0 Å². The molecule has 33 heavy (non-hydrogen) atoms. The molecule has 2 atom stereocenters. The summed E-state index contributed by atoms with van der Waals surface area (Å²) in [6, 6.07) is -0.629. The maximum Gasteiger partial charge on any atom is 0.220 e. The maximum atomic E-state index is 12.1. The Bertz CT molecular complexity index is 475. The zero-order valence-corrected chi connectivity index (χ0v) is 21.9. The number of carbonyl (C=O) groups is 1. The van der Waals surface area contributed by atoms with E-state index in [0.29, 0.717) is 6.42 Å². The van der Waals surface area contributed by atoms with Crippen molar-refractivity contribution in [2.45, 2.75) is 148 Å². The number of unbranched alkanes of at least 4 members (excludes halogenated alkanes) is 15. The highest BCUT2D eigenvalue weighted by molar-refractivity contribution is 5.76. The minimum atomic E-state index is -0.852. The summed E-state index contributed by atoms with van der Waals surface area (Å²) in [7, 11) is 0. The molecule has 3 N–H and O–H groups in total. The van der Waals surface area contributed by atoms with E-state index in [1.165, 1.54) is 77.0 Å². The quantitative estimate of drug-likeness (QED) is 0.103. The van der Waals surface area contributed by atoms with Crippen molar-refractivity contribution in [3.8, 4) is 0 Å². The Morgan fingerprint density at radius 2 is 1.18 bits per heavy atom. The van der Waals surface area contributed by atoms with Gasteiger partial charge in [0.05, 0.1) is 18.8 Å². The summed E-state index contributed by atoms with van der Waals surface area (Å²) < 4.78 is 0. The first-order valence-corrected chi connectivity index (χ1v) is 14.1. The van der Waals surface area contributed by atoms with Gasteiger partial charge in [-0.25, -0.2) is 0 Å². The summed E-state index contributed by atoms with van der Waals surface area (Å²) in [4.78, 5) is 12.1. The van der Waals surface area contributed by atoms with Crippen LogP contribution in [0.4, 0.5) is 0 Å². The molecule has 0 saturated carbocycles. The van der Waals surface area contributed by atoms with Crippen LogP contribution in [0.2, 0.25) is 0 Å². The van der Waals surface area contributed by atoms with Crippen LogP contribution >= 0.6 is 0 Å². The molecule has 2 unspecified atom stereocenters. The van der Waals surface area contributed by atoms with Crippen molar-refractivity contribution in [2.24, 2.45) is 0 Å². The molecule has 0 aromatic rings. The van der Waals surface area contributed by atoms with Crippen LogP contribution in [0.5, 0.6) is 0 Å². The van der Waals surface area contributed by atoms with Crippen molar-refractivity contribution < 1.29 is 15.0 Å². The van der Waals surface area contributed by atoms with Crippen molar-refractivity contribution in [1.82, 2.24) is 5.32 Å². The fourth-order valence-corrected chi connectivity index (χ4v) is 3.96. The maximum absolute atomic E-state index is 12.1. The molecule has 0 fully saturated rings. The van der Waals surface area contributed by atoms with Crippen molar-refractivity contribution in [1.29, 1.82) is 0 Å². The van der Waals surface area contributed by atoms with Gasteiger partial charge in [-0.3, -0.25) is 4.79 Å². The van der Waals surface area contributed by atoms with Crippen molar-refractivity contribution in [2.75, 3.05) is 6.61 Å². The largest absolute Gasteiger partial charge is 0.394 e. The predicted molar refractivity (Wildman–Crippen MR) is 142 cm³/mol. The molecule has 0 rings (SSSR count). The predicted octanol–water partition coefficient (Wildman–Crippen LogP) is 7.39. The molecule has 0 aliphatic heterocycles. The zero-order chi connectivity index (χ0) is 24.4. The van der Waals surface area contributed by atoms with E-state index in [4.69, 9.17) is 0 Å². The smallest absolute Gasteiger partial charge is 0.220 e. The summed E-state index contributed by atoms with van der Waals surface area (Å²) in [5.74, 6) is -0.0806. The molecule has 0 aromatic heterocycles. The molecule has 4 nitrogen and oxygen atoms in total. The Labute approximate surface area is 205 Å². The van der Waals surface area contributed by atoms with Gasteiger partial charge in [0.25, 0.3) is 0 Å². The van der Waals surface area contributed by atoms with Gasteiger partial charge in [-0.05, 0) is 25.7 Å². The fourth-order valence-electron chi connectivity index (χ4n) is 3.96. The van der Waals surface area contributed by atoms with Crippen molar-refractivity contribution in [3.63, 3.8) is 0 Å². The third kappa shape index (κ3) is 22.4. The standard InChI is InChI=1S/C29H55NO3/c1-3-5-7-9-11-12-13-14-15-16-17-19-21-23-25-29(33)30-27(26-31)28(32)24-22-20-18-10-8-6-4-2/h8,10,22,24,27-28,31-32H,3-7,9,11-21,23,25-26H2,1-2H3,(H,30,33)/b10-8+,24-22+. The lowest BCUT2D eigenvalue weighted by molar-refractivity contribution is -0.123. The van der Waals surface area contributed by atoms with Crippen molar-refractivity contribution in [3.05, 3.63) is 24.3 Å². The average Bonchev–Trinajstić information content (AvgIpc) is 2.82. The van der Waals surface area contributed by atoms with Gasteiger partial charge in [-0.1, -0.05) is 128 Å². The number of carbonyl (C=O) groups excluding carboxylic acids is 1. The van der Waals surface area contributed by atoms with Crippen LogP contribution in [0.1, 0.15) is 136 Å². The first-order chi connectivity index (χ1) is 16.2. The first kappa shape index (κ1) is 31.9. The summed E-state index contributed by atoms with van der Waals surface area (Å²) in [5, 5.41) is 22.5. The lowest BCUT2D eigenvalue weighted by atomic mass is 10.0. The number of hydrogen-bond donors (Lipinski definition) is 3. The molecule has 0 aliphatic carbocycles. The van der Waals surface area contributed by atoms with E-state index in [1.54, 1.807) is 6.08 Å². The second kappa shape index (κ2) is 25.5. The van der Waals surface area contributed by atoms with Crippen LogP contribution in [-0.2, 0) is 4.79 Å². The minimum Gasteiger partial charge on any atom is -0.394 e. The summed E-state index contributed by atoms with van der Waals surface area (Å²) in [5.41, 5.74) is 0. The van der Waals surface area contributed by atoms with Crippen LogP contribution in [-0.4, -0.2) is 34.9 Å². The molecular formula is C29H55NO3. The second-order valence-corrected chi connectivity index (χ2v) is 9.46. The summed E-state index contributed by atoms with van der Waals surface area (Å²) >= 11 is 0. The van der Waals surface area contributed by atoms with Gasteiger partial charge >= 0.3 is 0 Å². The molecule has 0 bridgehead atoms. The van der Waals surface area contributed by atoms with Crippen LogP contribution in [0.25, 0.3) is 0 Å². The number of aliphatic hydroxyl groups excluding tert-OH is 2. The lowest BCUT2D eigenvalue weighted by Crippen LogP contribution is -2.45. The average molecular weight is 466 g/mol. The molecule has 194 valence electrons. The number of nitrogens with one attached hydrogen (secondary N) is 1. The van der Waals surface area contributed by atoms with Gasteiger partial charge < -0.3 is 15.5 Å². The second-order valence-electron chi connectivity index (χ2n) is 9.46. The van der Waals surface area contributed by atoms with E-state index in [9.17, 15) is 15.0 Å². The molecule has 1 amide bonds. The minimum absolute atomic E-state index is 0.0806. The Morgan fingerprint density at radius 3 is 1.70 bits per heavy atom. The lowest BCUT2D eigenvalue weighted by Gasteiger charge is -2.19. The zero-order valence-electron chi connectivity index (χ0n) is 21.9. The number of aliphatic hydroxyl groups is 2. The highest BCUT2D eigenvalue weighted by Gasteiger charge is 2.17. The van der Waals surface area contributed by atoms with Crippen LogP contribution in [0, 0.1) is 0 Å². The molecular weight excluding hydrogens is 410 g/mol. The molecule has 0 aromatic carbocycles. The Balaban J connectivity index is 3.66. The van der Waals surface area contributed by atoms with Gasteiger partial charge in [0.2, 0.25) is 5.91 Å². The molecule has 0 spiro atoms. The monoisotopic (exact) mass is 465 g/mol. The van der Waals surface area contributed by atoms with E-state index in [2.05, 4.69) is 31.3 Å². The summed E-state index contributed by atoms with van der Waals surface area (Å²) in [6.45, 7) is 4.16. The topological polar surface area (TPSA) is 69.6 Å². The number of rotatable bonds is 24. The Hall–Kier alpha value is -1.13. The number of hydrogen-bond acceptors (Lipinski definition) is 3. The third-order valence-corrected chi connectivity index (χ3v) is 6.17. The van der Waals surface area contributed by atoms with E-state index in [0.717, 1.165) is 38.5 Å². The van der Waals surface area contributed by atoms with E-state index < -0.39 is 12.1 Å². The third-order valence-electron chi connectivity index (χ3n) is 6.17. The van der Waals surface area contributed by atoms with E-state index >= 15 is 0 Å². The fraction of sp³-hybridized carbons (Fsp3) is 0.828. The molecule has 4 heteroatoms. The molecule has 0 heterocycles. The van der Waals surface area contributed by atoms with Gasteiger partial charge in [-0.2, -0.15) is 0 Å². The van der Waals surface area contributed by atoms with Gasteiger partial charge in [-0.15, -0.1) is 0 Å². The normalized spacial score (nSPS) is 13.7. The highest BCUT2D eigenvalue weighted by atomic mass is 16.3. The molecule has 0 radical (unpaired) electrons. The number of amides is 1. The van der Waals surface area contributed by atoms with Crippen LogP contribution in [0.15, 0.2) is 24.3 Å². The highest BCUT2D eigenvalue weighted by Crippen LogP contribution is 2.13. The van der Waals surface area contributed by atoms with Crippen LogP contribution < -0.4 is 5.32 Å². The SMILES string of the molecule is CCC/C=C/CC/C=C/C(O)C(CO)NC(=O)CCCCCCCCCCCCCCCC. The van der Waals surface area contributed by atoms with Crippen molar-refractivity contribution >= 4 is 5.91 Å². The van der Waals surface area contributed by atoms with E-state index in [1.807, 2.05) is 6.08 Å².